The summed E-state index contributed by atoms with van der Waals surface area (Å²) in [5, 5.41) is 12.8. The van der Waals surface area contributed by atoms with E-state index >= 15 is 0 Å². The molecule has 2 aromatic carbocycles. The lowest BCUT2D eigenvalue weighted by atomic mass is 10.1. The summed E-state index contributed by atoms with van der Waals surface area (Å²) in [6.07, 6.45) is 1.69. The maximum Gasteiger partial charge on any atom is 0.256 e. The van der Waals surface area contributed by atoms with Crippen molar-refractivity contribution in [3.8, 4) is 11.3 Å². The number of hydrogen-bond acceptors (Lipinski definition) is 4. The van der Waals surface area contributed by atoms with E-state index in [1.54, 1.807) is 10.9 Å². The number of carbonyl (C=O) groups is 1. The highest BCUT2D eigenvalue weighted by atomic mass is 16.1. The van der Waals surface area contributed by atoms with Crippen molar-refractivity contribution >= 4 is 22.6 Å². The second-order valence-corrected chi connectivity index (χ2v) is 8.07. The van der Waals surface area contributed by atoms with E-state index in [0.717, 1.165) is 33.9 Å². The largest absolute Gasteiger partial charge is 0.319 e. The van der Waals surface area contributed by atoms with Crippen LogP contribution < -0.4 is 5.32 Å². The number of nitrogens with one attached hydrogen (secondary N) is 1. The van der Waals surface area contributed by atoms with E-state index in [2.05, 4.69) is 27.6 Å². The van der Waals surface area contributed by atoms with Gasteiger partial charge in [-0.3, -0.25) is 14.2 Å². The summed E-state index contributed by atoms with van der Waals surface area (Å²) in [6.45, 7) is 4.52. The first kappa shape index (κ1) is 20.6. The molecule has 3 aromatic heterocycles. The minimum absolute atomic E-state index is 0.210. The standard InChI is InChI=1S/C26H24N6O/c1-17-24(18(2)32(30-17)16-19-10-6-4-7-11-19)29-26(33)21-14-23(20-12-8-5-9-13-20)28-25-22(21)15-27-31(25)3/h4-15H,16H2,1-3H3,(H,29,33). The van der Waals surface area contributed by atoms with Crippen LogP contribution >= 0.6 is 0 Å². The van der Waals surface area contributed by atoms with E-state index in [-0.39, 0.29) is 5.91 Å². The van der Waals surface area contributed by atoms with Crippen LogP contribution in [0.25, 0.3) is 22.3 Å². The van der Waals surface area contributed by atoms with Gasteiger partial charge in [0.2, 0.25) is 0 Å². The quantitative estimate of drug-likeness (QED) is 0.431. The number of carbonyl (C=O) groups excluding carboxylic acids is 1. The molecule has 7 nitrogen and oxygen atoms in total. The number of nitrogens with zero attached hydrogens (tertiary/aromatic N) is 5. The van der Waals surface area contributed by atoms with Crippen LogP contribution in [-0.4, -0.2) is 30.5 Å². The summed E-state index contributed by atoms with van der Waals surface area (Å²) in [5.41, 5.74) is 6.42. The van der Waals surface area contributed by atoms with Gasteiger partial charge in [0, 0.05) is 12.6 Å². The molecule has 0 aliphatic carbocycles. The summed E-state index contributed by atoms with van der Waals surface area (Å²) < 4.78 is 3.61. The average molecular weight is 437 g/mol. The van der Waals surface area contributed by atoms with Crippen molar-refractivity contribution in [1.29, 1.82) is 0 Å². The van der Waals surface area contributed by atoms with Crippen molar-refractivity contribution in [2.24, 2.45) is 7.05 Å². The van der Waals surface area contributed by atoms with Gasteiger partial charge in [0.05, 0.1) is 46.5 Å². The highest BCUT2D eigenvalue weighted by molar-refractivity contribution is 6.13. The first-order chi connectivity index (χ1) is 16.0. The van der Waals surface area contributed by atoms with Crippen molar-refractivity contribution in [2.75, 3.05) is 5.32 Å². The molecule has 1 amide bonds. The Morgan fingerprint density at radius 2 is 1.70 bits per heavy atom. The molecular weight excluding hydrogens is 412 g/mol. The van der Waals surface area contributed by atoms with Crippen LogP contribution in [-0.2, 0) is 13.6 Å². The van der Waals surface area contributed by atoms with Crippen LogP contribution in [0.1, 0.15) is 27.3 Å². The van der Waals surface area contributed by atoms with Crippen molar-refractivity contribution in [3.05, 3.63) is 95.4 Å². The van der Waals surface area contributed by atoms with E-state index < -0.39 is 0 Å². The monoisotopic (exact) mass is 436 g/mol. The molecule has 7 heteroatoms. The molecule has 1 N–H and O–H groups in total. The Bertz CT molecular complexity index is 1450. The van der Waals surface area contributed by atoms with Crippen molar-refractivity contribution in [3.63, 3.8) is 0 Å². The van der Waals surface area contributed by atoms with Gasteiger partial charge in [-0.1, -0.05) is 60.7 Å². The Labute approximate surface area is 191 Å². The van der Waals surface area contributed by atoms with Crippen molar-refractivity contribution < 1.29 is 4.79 Å². The topological polar surface area (TPSA) is 77.6 Å². The van der Waals surface area contributed by atoms with E-state index in [0.29, 0.717) is 23.1 Å². The first-order valence-corrected chi connectivity index (χ1v) is 10.8. The maximum atomic E-state index is 13.5. The molecule has 0 fully saturated rings. The third-order valence-electron chi connectivity index (χ3n) is 5.81. The number of rotatable bonds is 5. The molecule has 0 unspecified atom stereocenters. The van der Waals surface area contributed by atoms with Gasteiger partial charge in [0.25, 0.3) is 5.91 Å². The van der Waals surface area contributed by atoms with E-state index in [9.17, 15) is 4.79 Å². The summed E-state index contributed by atoms with van der Waals surface area (Å²) >= 11 is 0. The fraction of sp³-hybridized carbons (Fsp3) is 0.154. The fourth-order valence-electron chi connectivity index (χ4n) is 4.03. The number of amides is 1. The molecule has 0 saturated carbocycles. The minimum Gasteiger partial charge on any atom is -0.319 e. The number of aryl methyl sites for hydroxylation is 2. The maximum absolute atomic E-state index is 13.5. The van der Waals surface area contributed by atoms with Crippen molar-refractivity contribution in [2.45, 2.75) is 20.4 Å². The summed E-state index contributed by atoms with van der Waals surface area (Å²) in [5.74, 6) is -0.210. The first-order valence-electron chi connectivity index (χ1n) is 10.8. The number of pyridine rings is 1. The molecule has 0 radical (unpaired) electrons. The number of fused-ring (bicyclic) bond motifs is 1. The molecule has 0 atom stereocenters. The molecule has 5 aromatic rings. The average Bonchev–Trinajstić information content (AvgIpc) is 3.34. The predicted octanol–water partition coefficient (Wildman–Crippen LogP) is 4.75. The normalized spacial score (nSPS) is 11.1. The molecule has 164 valence electrons. The van der Waals surface area contributed by atoms with Gasteiger partial charge < -0.3 is 5.32 Å². The van der Waals surface area contributed by atoms with Crippen LogP contribution in [0.3, 0.4) is 0 Å². The minimum atomic E-state index is -0.210. The lowest BCUT2D eigenvalue weighted by molar-refractivity contribution is 0.102. The predicted molar refractivity (Wildman–Crippen MR) is 129 cm³/mol. The lowest BCUT2D eigenvalue weighted by Crippen LogP contribution is -2.14. The van der Waals surface area contributed by atoms with Crippen LogP contribution in [0.2, 0.25) is 0 Å². The molecule has 0 spiro atoms. The van der Waals surface area contributed by atoms with Crippen LogP contribution in [0.4, 0.5) is 5.69 Å². The Morgan fingerprint density at radius 3 is 2.42 bits per heavy atom. The fourth-order valence-corrected chi connectivity index (χ4v) is 4.03. The van der Waals surface area contributed by atoms with E-state index in [4.69, 9.17) is 4.98 Å². The zero-order chi connectivity index (χ0) is 22.9. The third-order valence-corrected chi connectivity index (χ3v) is 5.81. The third kappa shape index (κ3) is 3.89. The zero-order valence-corrected chi connectivity index (χ0v) is 18.8. The van der Waals surface area contributed by atoms with Crippen LogP contribution in [0, 0.1) is 13.8 Å². The Balaban J connectivity index is 1.51. The second-order valence-electron chi connectivity index (χ2n) is 8.07. The lowest BCUT2D eigenvalue weighted by Gasteiger charge is -2.10. The van der Waals surface area contributed by atoms with Gasteiger partial charge >= 0.3 is 0 Å². The molecule has 33 heavy (non-hydrogen) atoms. The van der Waals surface area contributed by atoms with Crippen LogP contribution in [0.5, 0.6) is 0 Å². The van der Waals surface area contributed by atoms with Gasteiger partial charge in [-0.2, -0.15) is 10.2 Å². The Hall–Kier alpha value is -4.26. The molecular formula is C26H24N6O. The SMILES string of the molecule is Cc1nn(Cc2ccccc2)c(C)c1NC(=O)c1cc(-c2ccccc2)nc2c1cnn2C. The molecule has 0 bridgehead atoms. The van der Waals surface area contributed by atoms with Gasteiger partial charge in [0.1, 0.15) is 0 Å². The summed E-state index contributed by atoms with van der Waals surface area (Å²) in [4.78, 5) is 18.2. The number of aromatic nitrogens is 5. The van der Waals surface area contributed by atoms with Crippen molar-refractivity contribution in [1.82, 2.24) is 24.5 Å². The Kier molecular flexibility index (Phi) is 5.22. The summed E-state index contributed by atoms with van der Waals surface area (Å²) in [6, 6.07) is 21.8. The van der Waals surface area contributed by atoms with E-state index in [1.807, 2.05) is 80.2 Å². The van der Waals surface area contributed by atoms with Gasteiger partial charge in [0.15, 0.2) is 5.65 Å². The zero-order valence-electron chi connectivity index (χ0n) is 18.8. The number of hydrogen-bond donors (Lipinski definition) is 1. The second kappa shape index (κ2) is 8.35. The highest BCUT2D eigenvalue weighted by Gasteiger charge is 2.20. The molecule has 0 aliphatic heterocycles. The molecule has 0 saturated heterocycles. The molecule has 0 aliphatic rings. The summed E-state index contributed by atoms with van der Waals surface area (Å²) in [7, 11) is 1.83. The molecule has 3 heterocycles. The Morgan fingerprint density at radius 1 is 1.00 bits per heavy atom. The van der Waals surface area contributed by atoms with Gasteiger partial charge in [-0.25, -0.2) is 4.98 Å². The van der Waals surface area contributed by atoms with Gasteiger partial charge in [-0.15, -0.1) is 0 Å². The van der Waals surface area contributed by atoms with Gasteiger partial charge in [-0.05, 0) is 25.5 Å². The number of benzene rings is 2. The number of anilines is 1. The smallest absolute Gasteiger partial charge is 0.256 e. The van der Waals surface area contributed by atoms with E-state index in [1.165, 1.54) is 0 Å². The highest BCUT2D eigenvalue weighted by Crippen LogP contribution is 2.27. The molecule has 5 rings (SSSR count). The van der Waals surface area contributed by atoms with Crippen LogP contribution in [0.15, 0.2) is 72.9 Å².